The van der Waals surface area contributed by atoms with Gasteiger partial charge in [0.05, 0.1) is 17.6 Å². The van der Waals surface area contributed by atoms with Crippen molar-refractivity contribution in [3.8, 4) is 0 Å². The van der Waals surface area contributed by atoms with Crippen LogP contribution in [0.25, 0.3) is 0 Å². The van der Waals surface area contributed by atoms with Gasteiger partial charge in [0.25, 0.3) is 0 Å². The topological polar surface area (TPSA) is 52.2 Å². The molecule has 2 aliphatic carbocycles. The van der Waals surface area contributed by atoms with E-state index in [1.807, 2.05) is 6.33 Å². The zero-order valence-corrected chi connectivity index (χ0v) is 16.3. The van der Waals surface area contributed by atoms with Crippen LogP contribution >= 0.6 is 0 Å². The summed E-state index contributed by atoms with van der Waals surface area (Å²) in [5.41, 5.74) is 2.27. The number of nitrogens with one attached hydrogen (secondary N) is 1. The van der Waals surface area contributed by atoms with Crippen LogP contribution in [0.5, 0.6) is 0 Å². The fourth-order valence-electron chi connectivity index (χ4n) is 5.67. The zero-order valence-electron chi connectivity index (χ0n) is 16.3. The van der Waals surface area contributed by atoms with E-state index in [-0.39, 0.29) is 11.5 Å². The van der Waals surface area contributed by atoms with Crippen molar-refractivity contribution in [2.45, 2.75) is 63.3 Å². The monoisotopic (exact) mass is 368 g/mol. The Balaban J connectivity index is 1.34. The number of amides is 1. The summed E-state index contributed by atoms with van der Waals surface area (Å²) in [5, 5.41) is 0. The Morgan fingerprint density at radius 2 is 2.04 bits per heavy atom. The molecule has 1 saturated carbocycles. The number of carbonyl (C=O) groups excluding carboxylic acids is 1. The molecule has 5 rings (SSSR count). The number of likely N-dealkylation sites (tertiary alicyclic amines) is 1. The predicted octanol–water partition coefficient (Wildman–Crippen LogP) is 3.24. The average molecular weight is 369 g/mol. The summed E-state index contributed by atoms with van der Waals surface area (Å²) in [7, 11) is 0. The second kappa shape index (κ2) is 7.08. The fraction of sp³-hybridized carbons (Fsp3) is 0.727. The molecule has 1 saturated heterocycles. The third kappa shape index (κ3) is 3.04. The average Bonchev–Trinajstić information content (AvgIpc) is 3.13. The Labute approximate surface area is 162 Å². The summed E-state index contributed by atoms with van der Waals surface area (Å²) < 4.78 is 0. The molecule has 0 bridgehead atoms. The number of allylic oxidation sites excluding steroid dienone is 2. The highest BCUT2D eigenvalue weighted by Gasteiger charge is 2.50. The van der Waals surface area contributed by atoms with E-state index < -0.39 is 0 Å². The molecule has 0 radical (unpaired) electrons. The summed E-state index contributed by atoms with van der Waals surface area (Å²) in [5.74, 6) is 1.49. The van der Waals surface area contributed by atoms with Gasteiger partial charge in [0.15, 0.2) is 0 Å². The number of aromatic amines is 1. The molecule has 3 heterocycles. The highest BCUT2D eigenvalue weighted by Crippen LogP contribution is 2.44. The molecule has 4 aliphatic rings. The number of rotatable bonds is 3. The molecule has 1 spiro atoms. The first kappa shape index (κ1) is 17.5. The normalized spacial score (nSPS) is 28.1. The molecular formula is C22H32N4O. The van der Waals surface area contributed by atoms with Gasteiger partial charge in [-0.15, -0.1) is 0 Å². The second-order valence-corrected chi connectivity index (χ2v) is 9.08. The van der Waals surface area contributed by atoms with Gasteiger partial charge in [-0.25, -0.2) is 4.98 Å². The fourth-order valence-corrected chi connectivity index (χ4v) is 5.67. The summed E-state index contributed by atoms with van der Waals surface area (Å²) in [6.07, 6.45) is 16.7. The maximum atomic E-state index is 13.3. The molecule has 0 unspecified atom stereocenters. The van der Waals surface area contributed by atoms with Crippen molar-refractivity contribution in [1.29, 1.82) is 0 Å². The van der Waals surface area contributed by atoms with E-state index in [0.29, 0.717) is 5.91 Å². The number of hydrogen-bond donors (Lipinski definition) is 1. The molecule has 146 valence electrons. The maximum absolute atomic E-state index is 13.3. The van der Waals surface area contributed by atoms with E-state index in [1.165, 1.54) is 43.6 Å². The molecule has 1 N–H and O–H groups in total. The van der Waals surface area contributed by atoms with Crippen LogP contribution in [-0.4, -0.2) is 51.9 Å². The van der Waals surface area contributed by atoms with E-state index in [0.717, 1.165) is 57.7 Å². The predicted molar refractivity (Wildman–Crippen MR) is 105 cm³/mol. The maximum Gasteiger partial charge on any atom is 0.226 e. The summed E-state index contributed by atoms with van der Waals surface area (Å²) in [6, 6.07) is 0. The van der Waals surface area contributed by atoms with Crippen LogP contribution in [0.2, 0.25) is 0 Å². The van der Waals surface area contributed by atoms with Gasteiger partial charge in [0.2, 0.25) is 5.91 Å². The third-order valence-electron chi connectivity index (χ3n) is 7.56. The van der Waals surface area contributed by atoms with E-state index in [2.05, 4.69) is 26.9 Å². The van der Waals surface area contributed by atoms with E-state index in [4.69, 9.17) is 4.98 Å². The molecule has 1 amide bonds. The van der Waals surface area contributed by atoms with Crippen LogP contribution in [0.15, 0.2) is 18.5 Å². The number of nitrogens with zero attached hydrogens (tertiary/aromatic N) is 3. The minimum atomic E-state index is -0.163. The minimum absolute atomic E-state index is 0.163. The lowest BCUT2D eigenvalue weighted by Gasteiger charge is -2.52. The molecule has 27 heavy (non-hydrogen) atoms. The highest BCUT2D eigenvalue weighted by molar-refractivity contribution is 5.81. The molecule has 5 heteroatoms. The van der Waals surface area contributed by atoms with Crippen molar-refractivity contribution in [1.82, 2.24) is 19.8 Å². The highest BCUT2D eigenvalue weighted by atomic mass is 16.2. The van der Waals surface area contributed by atoms with Crippen molar-refractivity contribution in [2.75, 3.05) is 26.2 Å². The lowest BCUT2D eigenvalue weighted by molar-refractivity contribution is -0.149. The standard InChI is InChI=1S/C22H32N4O/c27-21(18-7-4-8-18)26-12-9-19-20(24-16-23-19)22(26)10-13-25(14-11-22)15-17-5-2-1-3-6-17/h1-2,16-18H,3-15H2,(H,23,24)/t17-/m1/s1. The molecule has 2 fully saturated rings. The van der Waals surface area contributed by atoms with Gasteiger partial charge in [-0.2, -0.15) is 0 Å². The lowest BCUT2D eigenvalue weighted by atomic mass is 9.76. The SMILES string of the molecule is O=C(C1CCC1)N1CCc2[nH]cnc2C12CCN(C[C@@H]1CC=CCC1)CC2. The van der Waals surface area contributed by atoms with Crippen molar-refractivity contribution >= 4 is 5.91 Å². The van der Waals surface area contributed by atoms with Crippen LogP contribution < -0.4 is 0 Å². The number of hydrogen-bond acceptors (Lipinski definition) is 3. The van der Waals surface area contributed by atoms with E-state index >= 15 is 0 Å². The first-order chi connectivity index (χ1) is 13.3. The number of imidazole rings is 1. The lowest BCUT2D eigenvalue weighted by Crippen LogP contribution is -2.60. The van der Waals surface area contributed by atoms with Crippen LogP contribution in [0, 0.1) is 11.8 Å². The molecule has 5 nitrogen and oxygen atoms in total. The minimum Gasteiger partial charge on any atom is -0.348 e. The van der Waals surface area contributed by atoms with Gasteiger partial charge in [0.1, 0.15) is 0 Å². The van der Waals surface area contributed by atoms with Gasteiger partial charge < -0.3 is 14.8 Å². The first-order valence-corrected chi connectivity index (χ1v) is 11.0. The molecule has 1 atom stereocenters. The molecule has 2 aliphatic heterocycles. The van der Waals surface area contributed by atoms with Gasteiger partial charge in [0, 0.05) is 44.2 Å². The van der Waals surface area contributed by atoms with Crippen molar-refractivity contribution in [3.63, 3.8) is 0 Å². The Hall–Kier alpha value is -1.62. The summed E-state index contributed by atoms with van der Waals surface area (Å²) in [4.78, 5) is 26.2. The third-order valence-corrected chi connectivity index (χ3v) is 7.56. The molecule has 1 aromatic heterocycles. The van der Waals surface area contributed by atoms with Crippen molar-refractivity contribution in [3.05, 3.63) is 29.9 Å². The summed E-state index contributed by atoms with van der Waals surface area (Å²) >= 11 is 0. The van der Waals surface area contributed by atoms with Crippen LogP contribution in [0.4, 0.5) is 0 Å². The van der Waals surface area contributed by atoms with Crippen LogP contribution in [0.3, 0.4) is 0 Å². The number of aromatic nitrogens is 2. The largest absolute Gasteiger partial charge is 0.348 e. The van der Waals surface area contributed by atoms with Gasteiger partial charge >= 0.3 is 0 Å². The Morgan fingerprint density at radius 1 is 1.19 bits per heavy atom. The van der Waals surface area contributed by atoms with Gasteiger partial charge in [-0.05, 0) is 50.9 Å². The quantitative estimate of drug-likeness (QED) is 0.834. The van der Waals surface area contributed by atoms with Gasteiger partial charge in [-0.3, -0.25) is 4.79 Å². The van der Waals surface area contributed by atoms with Crippen LogP contribution in [0.1, 0.15) is 62.8 Å². The molecule has 0 aromatic carbocycles. The number of H-pyrrole nitrogens is 1. The van der Waals surface area contributed by atoms with Crippen molar-refractivity contribution < 1.29 is 4.79 Å². The number of piperidine rings is 1. The number of fused-ring (bicyclic) bond motifs is 2. The Morgan fingerprint density at radius 3 is 2.74 bits per heavy atom. The second-order valence-electron chi connectivity index (χ2n) is 9.08. The molecule has 1 aromatic rings. The van der Waals surface area contributed by atoms with Crippen molar-refractivity contribution in [2.24, 2.45) is 11.8 Å². The smallest absolute Gasteiger partial charge is 0.226 e. The van der Waals surface area contributed by atoms with E-state index in [1.54, 1.807) is 0 Å². The Kier molecular flexibility index (Phi) is 4.58. The van der Waals surface area contributed by atoms with E-state index in [9.17, 15) is 4.79 Å². The van der Waals surface area contributed by atoms with Gasteiger partial charge in [-0.1, -0.05) is 18.6 Å². The Bertz CT molecular complexity index is 712. The zero-order chi connectivity index (χ0) is 18.3. The van der Waals surface area contributed by atoms with Crippen LogP contribution in [-0.2, 0) is 16.8 Å². The first-order valence-electron chi connectivity index (χ1n) is 11.0. The number of carbonyl (C=O) groups is 1. The molecular weight excluding hydrogens is 336 g/mol. The summed E-state index contributed by atoms with van der Waals surface area (Å²) in [6.45, 7) is 4.24.